The summed E-state index contributed by atoms with van der Waals surface area (Å²) in [6, 6.07) is 10.6. The van der Waals surface area contributed by atoms with Crippen LogP contribution in [0.15, 0.2) is 67.3 Å². The van der Waals surface area contributed by atoms with E-state index < -0.39 is 29.2 Å². The lowest BCUT2D eigenvalue weighted by Gasteiger charge is -2.26. The zero-order valence-corrected chi connectivity index (χ0v) is 25.9. The molecule has 0 aliphatic rings. The Labute approximate surface area is 258 Å². The van der Waals surface area contributed by atoms with Gasteiger partial charge in [-0.1, -0.05) is 12.1 Å². The first-order valence-corrected chi connectivity index (χ1v) is 14.2. The second-order valence-corrected chi connectivity index (χ2v) is 12.4. The molecule has 5 rings (SSSR count). The predicted octanol–water partition coefficient (Wildman–Crippen LogP) is 7.22. The molecule has 0 radical (unpaired) electrons. The molecule has 0 bridgehead atoms. The highest BCUT2D eigenvalue weighted by molar-refractivity contribution is 6.08. The maximum atomic E-state index is 16.0. The number of ether oxygens (including phenoxy) is 2. The van der Waals surface area contributed by atoms with Crippen molar-refractivity contribution in [3.8, 4) is 22.4 Å². The lowest BCUT2D eigenvalue weighted by Crippen LogP contribution is -2.44. The van der Waals surface area contributed by atoms with Gasteiger partial charge in [0.25, 0.3) is 5.95 Å². The van der Waals surface area contributed by atoms with Crippen LogP contribution in [-0.4, -0.2) is 52.8 Å². The van der Waals surface area contributed by atoms with E-state index in [2.05, 4.69) is 20.2 Å². The summed E-state index contributed by atoms with van der Waals surface area (Å²) in [6.45, 7) is 11.9. The van der Waals surface area contributed by atoms with Crippen molar-refractivity contribution in [3.05, 3.63) is 84.4 Å². The number of nitrogens with zero attached hydrogens (tertiary/aromatic N) is 7. The molecule has 0 aliphatic carbocycles. The summed E-state index contributed by atoms with van der Waals surface area (Å²) in [5.74, 6) is -1.19. The van der Waals surface area contributed by atoms with Crippen LogP contribution in [0, 0.1) is 11.6 Å². The van der Waals surface area contributed by atoms with Crippen LogP contribution >= 0.6 is 0 Å². The maximum Gasteiger partial charge on any atom is 0.427 e. The molecule has 0 saturated carbocycles. The van der Waals surface area contributed by atoms with Crippen molar-refractivity contribution in [2.75, 3.05) is 4.90 Å². The minimum absolute atomic E-state index is 0.0509. The van der Waals surface area contributed by atoms with E-state index in [1.54, 1.807) is 82.9 Å². The molecule has 45 heavy (non-hydrogen) atoms. The maximum absolute atomic E-state index is 16.0. The van der Waals surface area contributed by atoms with Crippen molar-refractivity contribution in [1.29, 1.82) is 0 Å². The number of hydrogen-bond donors (Lipinski definition) is 0. The van der Waals surface area contributed by atoms with Crippen molar-refractivity contribution >= 4 is 23.8 Å². The van der Waals surface area contributed by atoms with E-state index in [-0.39, 0.29) is 34.7 Å². The first-order valence-electron chi connectivity index (χ1n) is 14.2. The van der Waals surface area contributed by atoms with E-state index >= 15 is 4.39 Å². The van der Waals surface area contributed by atoms with E-state index in [1.165, 1.54) is 35.1 Å². The fraction of sp³-hybridized carbons (Fsp3) is 0.312. The summed E-state index contributed by atoms with van der Waals surface area (Å²) >= 11 is 0. The van der Waals surface area contributed by atoms with Crippen molar-refractivity contribution in [2.45, 2.75) is 65.7 Å². The highest BCUT2D eigenvalue weighted by Crippen LogP contribution is 2.31. The normalized spacial score (nSPS) is 12.6. The molecule has 11 nitrogen and oxygen atoms in total. The number of rotatable bonds is 5. The van der Waals surface area contributed by atoms with Crippen molar-refractivity contribution in [1.82, 2.24) is 29.4 Å². The molecule has 13 heteroatoms. The van der Waals surface area contributed by atoms with Gasteiger partial charge in [0.2, 0.25) is 0 Å². The molecule has 0 N–H and O–H groups in total. The molecule has 4 heterocycles. The fourth-order valence-electron chi connectivity index (χ4n) is 4.42. The standard InChI is InChI=1S/C32H33F2N7O4/c1-19(20-8-10-23(33)11-9-20)40-18-22(17-36-40)24-12-14-35-27(26(24)34)21-13-15-39-25(16-21)37-28(38-39)41(29(42)44-31(2,3)4)30(43)45-32(5,6)7/h8-19H,1-7H3/t19-/m1/s1. The summed E-state index contributed by atoms with van der Waals surface area (Å²) in [5.41, 5.74) is 0.485. The second-order valence-electron chi connectivity index (χ2n) is 12.4. The van der Waals surface area contributed by atoms with Gasteiger partial charge in [-0.3, -0.25) is 9.67 Å². The quantitative estimate of drug-likeness (QED) is 0.203. The van der Waals surface area contributed by atoms with Gasteiger partial charge in [-0.25, -0.2) is 22.9 Å². The highest BCUT2D eigenvalue weighted by Gasteiger charge is 2.35. The van der Waals surface area contributed by atoms with Crippen LogP contribution in [0.25, 0.3) is 28.0 Å². The molecule has 0 spiro atoms. The van der Waals surface area contributed by atoms with Crippen LogP contribution in [0.4, 0.5) is 24.3 Å². The molecule has 0 unspecified atom stereocenters. The first-order chi connectivity index (χ1) is 21.1. The Morgan fingerprint density at radius 3 is 2.18 bits per heavy atom. The Bertz CT molecular complexity index is 1840. The highest BCUT2D eigenvalue weighted by atomic mass is 19.1. The number of amides is 2. The number of fused-ring (bicyclic) bond motifs is 1. The van der Waals surface area contributed by atoms with Crippen LogP contribution in [-0.2, 0) is 9.47 Å². The van der Waals surface area contributed by atoms with Crippen molar-refractivity contribution in [2.24, 2.45) is 0 Å². The zero-order valence-electron chi connectivity index (χ0n) is 25.9. The minimum atomic E-state index is -1.01. The zero-order chi connectivity index (χ0) is 32.7. The number of aromatic nitrogens is 6. The second kappa shape index (κ2) is 11.7. The number of hydrogen-bond acceptors (Lipinski definition) is 8. The number of pyridine rings is 2. The summed E-state index contributed by atoms with van der Waals surface area (Å²) in [6.07, 6.45) is 4.25. The molecule has 234 valence electrons. The minimum Gasteiger partial charge on any atom is -0.443 e. The molecule has 4 aromatic heterocycles. The van der Waals surface area contributed by atoms with Gasteiger partial charge in [-0.2, -0.15) is 10.1 Å². The van der Waals surface area contributed by atoms with E-state index in [0.29, 0.717) is 16.0 Å². The van der Waals surface area contributed by atoms with Gasteiger partial charge in [0.05, 0.1) is 12.2 Å². The molecular formula is C32H33F2N7O4. The van der Waals surface area contributed by atoms with Gasteiger partial charge >= 0.3 is 12.2 Å². The Morgan fingerprint density at radius 1 is 0.911 bits per heavy atom. The van der Waals surface area contributed by atoms with E-state index in [0.717, 1.165) is 5.56 Å². The third-order valence-corrected chi connectivity index (χ3v) is 6.50. The number of halogens is 2. The largest absolute Gasteiger partial charge is 0.443 e. The van der Waals surface area contributed by atoms with E-state index in [9.17, 15) is 14.0 Å². The number of anilines is 1. The molecule has 0 aliphatic heterocycles. The lowest BCUT2D eigenvalue weighted by atomic mass is 10.1. The van der Waals surface area contributed by atoms with Crippen molar-refractivity contribution < 1.29 is 27.8 Å². The topological polar surface area (TPSA) is 117 Å². The van der Waals surface area contributed by atoms with Crippen molar-refractivity contribution in [3.63, 3.8) is 0 Å². The Kier molecular flexibility index (Phi) is 8.13. The van der Waals surface area contributed by atoms with Gasteiger partial charge in [-0.05, 0) is 84.4 Å². The lowest BCUT2D eigenvalue weighted by molar-refractivity contribution is 0.0427. The third kappa shape index (κ3) is 6.97. The van der Waals surface area contributed by atoms with E-state index in [4.69, 9.17) is 9.47 Å². The number of carbonyl (C=O) groups excluding carboxylic acids is 2. The fourth-order valence-corrected chi connectivity index (χ4v) is 4.42. The van der Waals surface area contributed by atoms with Crippen LogP contribution in [0.5, 0.6) is 0 Å². The monoisotopic (exact) mass is 617 g/mol. The number of imide groups is 1. The molecule has 1 atom stereocenters. The van der Waals surface area contributed by atoms with Gasteiger partial charge < -0.3 is 9.47 Å². The Morgan fingerprint density at radius 2 is 1.56 bits per heavy atom. The molecule has 0 saturated heterocycles. The molecular weight excluding hydrogens is 584 g/mol. The molecule has 1 aromatic carbocycles. The predicted molar refractivity (Wildman–Crippen MR) is 163 cm³/mol. The number of benzene rings is 1. The van der Waals surface area contributed by atoms with Gasteiger partial charge in [-0.15, -0.1) is 10.00 Å². The van der Waals surface area contributed by atoms with E-state index in [1.807, 2.05) is 6.92 Å². The third-order valence-electron chi connectivity index (χ3n) is 6.50. The summed E-state index contributed by atoms with van der Waals surface area (Å²) in [4.78, 5) is 35.3. The molecule has 5 aromatic rings. The average Bonchev–Trinajstić information content (AvgIpc) is 3.58. The van der Waals surface area contributed by atoms with Gasteiger partial charge in [0.1, 0.15) is 22.7 Å². The van der Waals surface area contributed by atoms with Gasteiger partial charge in [0, 0.05) is 35.3 Å². The van der Waals surface area contributed by atoms with Crippen LogP contribution in [0.2, 0.25) is 0 Å². The van der Waals surface area contributed by atoms with Crippen LogP contribution in [0.1, 0.15) is 60.1 Å². The number of carbonyl (C=O) groups is 2. The molecule has 2 amide bonds. The Hall–Kier alpha value is -5.20. The Balaban J connectivity index is 1.47. The van der Waals surface area contributed by atoms with Crippen LogP contribution in [0.3, 0.4) is 0 Å². The summed E-state index contributed by atoms with van der Waals surface area (Å²) in [7, 11) is 0. The summed E-state index contributed by atoms with van der Waals surface area (Å²) in [5, 5.41) is 8.67. The SMILES string of the molecule is C[C@H](c1ccc(F)cc1)n1cc(-c2ccnc(-c3ccn4nc(N(C(=O)OC(C)(C)C)C(=O)OC(C)(C)C)nc4c3)c2F)cn1. The van der Waals surface area contributed by atoms with Crippen LogP contribution < -0.4 is 4.90 Å². The van der Waals surface area contributed by atoms with Gasteiger partial charge in [0.15, 0.2) is 11.5 Å². The molecule has 0 fully saturated rings. The first kappa shape index (κ1) is 31.2. The average molecular weight is 618 g/mol. The smallest absolute Gasteiger partial charge is 0.427 e. The summed E-state index contributed by atoms with van der Waals surface area (Å²) < 4.78 is 43.2.